The largest absolute Gasteiger partial charge is 0.495 e. The molecule has 112 valence electrons. The predicted octanol–water partition coefficient (Wildman–Crippen LogP) is 2.99. The van der Waals surface area contributed by atoms with Crippen molar-refractivity contribution >= 4 is 27.6 Å². The number of hydrogen-bond acceptors (Lipinski definition) is 3. The van der Waals surface area contributed by atoms with Crippen LogP contribution in [-0.2, 0) is 0 Å². The molecule has 1 aromatic carbocycles. The van der Waals surface area contributed by atoms with Gasteiger partial charge in [-0.15, -0.1) is 0 Å². The Hall–Kier alpha value is -1.27. The van der Waals surface area contributed by atoms with Gasteiger partial charge in [-0.05, 0) is 37.5 Å². The number of ether oxygens (including phenoxy) is 1. The van der Waals surface area contributed by atoms with E-state index in [-0.39, 0.29) is 18.1 Å². The zero-order chi connectivity index (χ0) is 15.1. The summed E-state index contributed by atoms with van der Waals surface area (Å²) in [6.07, 6.45) is 0.292. The predicted molar refractivity (Wildman–Crippen MR) is 83.2 cm³/mol. The SMILES string of the molecule is COc1ccc(Br)cc1NC(=O)NCC(C)CC(C)O. The topological polar surface area (TPSA) is 70.6 Å². The average Bonchev–Trinajstić information content (AvgIpc) is 2.36. The molecule has 0 aliphatic heterocycles. The van der Waals surface area contributed by atoms with Crippen LogP contribution < -0.4 is 15.4 Å². The van der Waals surface area contributed by atoms with E-state index in [9.17, 15) is 9.90 Å². The van der Waals surface area contributed by atoms with Gasteiger partial charge in [-0.25, -0.2) is 4.79 Å². The third-order valence-corrected chi connectivity index (χ3v) is 3.26. The fourth-order valence-corrected chi connectivity index (χ4v) is 2.24. The van der Waals surface area contributed by atoms with Gasteiger partial charge >= 0.3 is 6.03 Å². The van der Waals surface area contributed by atoms with Gasteiger partial charge in [0.05, 0.1) is 18.9 Å². The van der Waals surface area contributed by atoms with Crippen LogP contribution in [0.15, 0.2) is 22.7 Å². The second-order valence-corrected chi connectivity index (χ2v) is 5.79. The van der Waals surface area contributed by atoms with E-state index in [2.05, 4.69) is 26.6 Å². The Balaban J connectivity index is 2.52. The Morgan fingerprint density at radius 3 is 2.75 bits per heavy atom. The summed E-state index contributed by atoms with van der Waals surface area (Å²) in [6.45, 7) is 4.22. The van der Waals surface area contributed by atoms with Crippen molar-refractivity contribution in [2.75, 3.05) is 19.0 Å². The van der Waals surface area contributed by atoms with Gasteiger partial charge in [0.2, 0.25) is 0 Å². The molecule has 0 fully saturated rings. The van der Waals surface area contributed by atoms with E-state index in [1.807, 2.05) is 13.0 Å². The number of aliphatic hydroxyl groups is 1. The van der Waals surface area contributed by atoms with Crippen molar-refractivity contribution in [2.24, 2.45) is 5.92 Å². The third-order valence-electron chi connectivity index (χ3n) is 2.76. The molecule has 1 aromatic rings. The van der Waals surface area contributed by atoms with Gasteiger partial charge < -0.3 is 20.5 Å². The Kier molecular flexibility index (Phi) is 6.81. The number of rotatable bonds is 6. The van der Waals surface area contributed by atoms with Crippen LogP contribution in [0.4, 0.5) is 10.5 Å². The molecule has 5 nitrogen and oxygen atoms in total. The molecule has 1 rings (SSSR count). The molecule has 0 heterocycles. The minimum atomic E-state index is -0.361. The molecule has 6 heteroatoms. The molecule has 20 heavy (non-hydrogen) atoms. The maximum atomic E-state index is 11.8. The van der Waals surface area contributed by atoms with Gasteiger partial charge in [-0.2, -0.15) is 0 Å². The summed E-state index contributed by atoms with van der Waals surface area (Å²) in [5.74, 6) is 0.811. The van der Waals surface area contributed by atoms with Crippen molar-refractivity contribution in [1.82, 2.24) is 5.32 Å². The lowest BCUT2D eigenvalue weighted by molar-refractivity contribution is 0.163. The number of benzene rings is 1. The van der Waals surface area contributed by atoms with Gasteiger partial charge in [-0.1, -0.05) is 22.9 Å². The first kappa shape index (κ1) is 16.8. The normalized spacial score (nSPS) is 13.4. The van der Waals surface area contributed by atoms with Gasteiger partial charge in [0.15, 0.2) is 0 Å². The quantitative estimate of drug-likeness (QED) is 0.742. The number of carbonyl (C=O) groups excluding carboxylic acids is 1. The molecule has 0 aliphatic carbocycles. The number of hydrogen-bond donors (Lipinski definition) is 3. The van der Waals surface area contributed by atoms with E-state index in [0.717, 1.165) is 4.47 Å². The lowest BCUT2D eigenvalue weighted by atomic mass is 10.1. The summed E-state index contributed by atoms with van der Waals surface area (Å²) < 4.78 is 6.04. The minimum Gasteiger partial charge on any atom is -0.495 e. The Morgan fingerprint density at radius 1 is 1.45 bits per heavy atom. The molecule has 0 aliphatic rings. The summed E-state index contributed by atoms with van der Waals surface area (Å²) in [6, 6.07) is 5.10. The van der Waals surface area contributed by atoms with Gasteiger partial charge in [0, 0.05) is 11.0 Å². The number of urea groups is 1. The van der Waals surface area contributed by atoms with Crippen LogP contribution in [-0.4, -0.2) is 30.9 Å². The smallest absolute Gasteiger partial charge is 0.319 e. The van der Waals surface area contributed by atoms with E-state index >= 15 is 0 Å². The molecule has 2 amide bonds. The first-order chi connectivity index (χ1) is 9.42. The van der Waals surface area contributed by atoms with Crippen LogP contribution >= 0.6 is 15.9 Å². The minimum absolute atomic E-state index is 0.213. The maximum Gasteiger partial charge on any atom is 0.319 e. The molecule has 0 spiro atoms. The number of anilines is 1. The van der Waals surface area contributed by atoms with Crippen molar-refractivity contribution in [3.8, 4) is 5.75 Å². The van der Waals surface area contributed by atoms with Crippen LogP contribution in [0.3, 0.4) is 0 Å². The van der Waals surface area contributed by atoms with Gasteiger partial charge in [0.25, 0.3) is 0 Å². The molecule has 0 radical (unpaired) electrons. The number of halogens is 1. The van der Waals surface area contributed by atoms with Gasteiger partial charge in [0.1, 0.15) is 5.75 Å². The summed E-state index contributed by atoms with van der Waals surface area (Å²) in [7, 11) is 1.55. The number of carbonyl (C=O) groups is 1. The van der Waals surface area contributed by atoms with E-state index < -0.39 is 0 Å². The highest BCUT2D eigenvalue weighted by Gasteiger charge is 2.10. The number of nitrogens with one attached hydrogen (secondary N) is 2. The summed E-state index contributed by atoms with van der Waals surface area (Å²) in [5.41, 5.74) is 0.600. The van der Waals surface area contributed by atoms with Crippen LogP contribution in [0.1, 0.15) is 20.3 Å². The molecule has 2 atom stereocenters. The molecular weight excluding hydrogens is 324 g/mol. The van der Waals surface area contributed by atoms with E-state index in [4.69, 9.17) is 4.74 Å². The number of aliphatic hydroxyl groups excluding tert-OH is 1. The number of methoxy groups -OCH3 is 1. The standard InChI is InChI=1S/C14H21BrN2O3/c1-9(6-10(2)18)8-16-14(19)17-12-7-11(15)4-5-13(12)20-3/h4-5,7,9-10,18H,6,8H2,1-3H3,(H2,16,17,19). The fourth-order valence-electron chi connectivity index (χ4n) is 1.88. The highest BCUT2D eigenvalue weighted by Crippen LogP contribution is 2.27. The lowest BCUT2D eigenvalue weighted by Gasteiger charge is -2.15. The molecular formula is C14H21BrN2O3. The number of amides is 2. The van der Waals surface area contributed by atoms with Crippen LogP contribution in [0, 0.1) is 5.92 Å². The second-order valence-electron chi connectivity index (χ2n) is 4.87. The average molecular weight is 345 g/mol. The molecule has 0 saturated carbocycles. The summed E-state index contributed by atoms with van der Waals surface area (Å²) >= 11 is 3.35. The maximum absolute atomic E-state index is 11.8. The first-order valence-electron chi connectivity index (χ1n) is 6.48. The summed E-state index contributed by atoms with van der Waals surface area (Å²) in [4.78, 5) is 11.8. The molecule has 0 aromatic heterocycles. The Bertz CT molecular complexity index is 452. The van der Waals surface area contributed by atoms with Crippen molar-refractivity contribution in [2.45, 2.75) is 26.4 Å². The Labute approximate surface area is 127 Å². The Morgan fingerprint density at radius 2 is 2.15 bits per heavy atom. The molecule has 2 unspecified atom stereocenters. The highest BCUT2D eigenvalue weighted by molar-refractivity contribution is 9.10. The summed E-state index contributed by atoms with van der Waals surface area (Å²) in [5, 5.41) is 14.8. The monoisotopic (exact) mass is 344 g/mol. The van der Waals surface area contributed by atoms with Crippen molar-refractivity contribution in [3.63, 3.8) is 0 Å². The second kappa shape index (κ2) is 8.11. The van der Waals surface area contributed by atoms with E-state index in [1.54, 1.807) is 26.2 Å². The third kappa shape index (κ3) is 5.79. The van der Waals surface area contributed by atoms with Crippen molar-refractivity contribution < 1.29 is 14.6 Å². The zero-order valence-electron chi connectivity index (χ0n) is 11.9. The van der Waals surface area contributed by atoms with Crippen molar-refractivity contribution in [1.29, 1.82) is 0 Å². The lowest BCUT2D eigenvalue weighted by Crippen LogP contribution is -2.33. The van der Waals surface area contributed by atoms with Crippen molar-refractivity contribution in [3.05, 3.63) is 22.7 Å². The fraction of sp³-hybridized carbons (Fsp3) is 0.500. The van der Waals surface area contributed by atoms with Crippen LogP contribution in [0.5, 0.6) is 5.75 Å². The molecule has 0 bridgehead atoms. The molecule has 0 saturated heterocycles. The highest BCUT2D eigenvalue weighted by atomic mass is 79.9. The van der Waals surface area contributed by atoms with Crippen LogP contribution in [0.25, 0.3) is 0 Å². The zero-order valence-corrected chi connectivity index (χ0v) is 13.5. The van der Waals surface area contributed by atoms with Crippen LogP contribution in [0.2, 0.25) is 0 Å². The molecule has 3 N–H and O–H groups in total. The van der Waals surface area contributed by atoms with Gasteiger partial charge in [-0.3, -0.25) is 0 Å². The first-order valence-corrected chi connectivity index (χ1v) is 7.28. The van der Waals surface area contributed by atoms with E-state index in [1.165, 1.54) is 0 Å². The van der Waals surface area contributed by atoms with E-state index in [0.29, 0.717) is 24.4 Å².